The molecular formula is C27H27FN6O3. The maximum atomic E-state index is 13.9. The van der Waals surface area contributed by atoms with Crippen molar-refractivity contribution in [1.82, 2.24) is 24.4 Å². The first-order valence-electron chi connectivity index (χ1n) is 11.6. The van der Waals surface area contributed by atoms with Crippen LogP contribution < -0.4 is 5.32 Å². The van der Waals surface area contributed by atoms with Gasteiger partial charge in [-0.15, -0.1) is 0 Å². The molecule has 4 heterocycles. The number of fused-ring (bicyclic) bond motifs is 1. The Morgan fingerprint density at radius 1 is 1.14 bits per heavy atom. The number of hydrogen-bond donors (Lipinski definition) is 1. The molecule has 4 aromatic heterocycles. The number of pyridine rings is 3. The van der Waals surface area contributed by atoms with Gasteiger partial charge in [0.1, 0.15) is 5.65 Å². The Hall–Kier alpha value is -4.44. The maximum absolute atomic E-state index is 13.9. The lowest BCUT2D eigenvalue weighted by Gasteiger charge is -2.14. The summed E-state index contributed by atoms with van der Waals surface area (Å²) in [6.07, 6.45) is 10.7. The molecule has 0 aliphatic carbocycles. The number of likely N-dealkylation sites (N-methyl/N-ethyl adjacent to an activating group) is 1. The lowest BCUT2D eigenvalue weighted by molar-refractivity contribution is -0.149. The molecular weight excluding hydrogens is 475 g/mol. The highest BCUT2D eigenvalue weighted by Crippen LogP contribution is 2.34. The van der Waals surface area contributed by atoms with Crippen molar-refractivity contribution in [2.24, 2.45) is 0 Å². The van der Waals surface area contributed by atoms with Gasteiger partial charge in [-0.2, -0.15) is 4.39 Å². The Balaban J connectivity index is 1.73. The number of esters is 1. The van der Waals surface area contributed by atoms with Gasteiger partial charge in [-0.1, -0.05) is 6.08 Å². The van der Waals surface area contributed by atoms with Crippen LogP contribution in [0, 0.1) is 5.95 Å². The van der Waals surface area contributed by atoms with Crippen LogP contribution in [0.2, 0.25) is 0 Å². The van der Waals surface area contributed by atoms with Crippen LogP contribution in [0.4, 0.5) is 10.1 Å². The molecule has 4 rings (SSSR count). The van der Waals surface area contributed by atoms with E-state index < -0.39 is 18.1 Å². The van der Waals surface area contributed by atoms with Crippen molar-refractivity contribution in [2.45, 2.75) is 20.1 Å². The van der Waals surface area contributed by atoms with E-state index in [4.69, 9.17) is 4.74 Å². The van der Waals surface area contributed by atoms with Gasteiger partial charge in [0.05, 0.1) is 11.9 Å². The largest absolute Gasteiger partial charge is 0.442 e. The van der Waals surface area contributed by atoms with Crippen molar-refractivity contribution in [3.63, 3.8) is 0 Å². The third-order valence-corrected chi connectivity index (χ3v) is 5.51. The maximum Gasteiger partial charge on any atom is 0.304 e. The molecule has 0 bridgehead atoms. The topological polar surface area (TPSA) is 102 Å². The van der Waals surface area contributed by atoms with E-state index in [1.807, 2.05) is 25.1 Å². The number of carbonyl (C=O) groups is 2. The van der Waals surface area contributed by atoms with Gasteiger partial charge >= 0.3 is 5.97 Å². The molecule has 10 heteroatoms. The average molecular weight is 503 g/mol. The standard InChI is InChI=1S/C27H27FN6O3/c1-17(37-18(2)35)34-16-24(19-7-8-30-25(28)12-19)23-11-21(14-31-27(23)34)20-10-22(15-29-13-20)32-26(36)6-5-9-33(3)4/h5-8,10-17H,9H2,1-4H3,(H,32,36). The molecule has 0 saturated carbocycles. The molecule has 1 atom stereocenters. The van der Waals surface area contributed by atoms with Gasteiger partial charge in [0, 0.05) is 72.5 Å². The minimum absolute atomic E-state index is 0.257. The fraction of sp³-hybridized carbons (Fsp3) is 0.222. The molecule has 37 heavy (non-hydrogen) atoms. The third kappa shape index (κ3) is 6.22. The van der Waals surface area contributed by atoms with E-state index in [1.54, 1.807) is 54.5 Å². The zero-order chi connectivity index (χ0) is 26.5. The molecule has 0 spiro atoms. The Labute approximate surface area is 213 Å². The van der Waals surface area contributed by atoms with E-state index in [0.717, 1.165) is 16.5 Å². The summed E-state index contributed by atoms with van der Waals surface area (Å²) in [6.45, 7) is 3.72. The fourth-order valence-electron chi connectivity index (χ4n) is 3.88. The molecule has 0 radical (unpaired) electrons. The summed E-state index contributed by atoms with van der Waals surface area (Å²) in [7, 11) is 3.84. The van der Waals surface area contributed by atoms with Gasteiger partial charge in [-0.3, -0.25) is 19.1 Å². The molecule has 190 valence electrons. The number of halogens is 1. The minimum Gasteiger partial charge on any atom is -0.442 e. The number of rotatable bonds is 8. The van der Waals surface area contributed by atoms with E-state index in [-0.39, 0.29) is 5.91 Å². The van der Waals surface area contributed by atoms with Crippen molar-refractivity contribution in [3.8, 4) is 22.3 Å². The third-order valence-electron chi connectivity index (χ3n) is 5.51. The zero-order valence-corrected chi connectivity index (χ0v) is 21.0. The smallest absolute Gasteiger partial charge is 0.304 e. The number of amides is 1. The summed E-state index contributed by atoms with van der Waals surface area (Å²) in [5.74, 6) is -1.29. The average Bonchev–Trinajstić information content (AvgIpc) is 3.23. The first-order valence-corrected chi connectivity index (χ1v) is 11.6. The second kappa shape index (κ2) is 11.1. The van der Waals surface area contributed by atoms with Crippen LogP contribution in [0.25, 0.3) is 33.3 Å². The van der Waals surface area contributed by atoms with Crippen LogP contribution in [0.3, 0.4) is 0 Å². The molecule has 1 unspecified atom stereocenters. The molecule has 9 nitrogen and oxygen atoms in total. The van der Waals surface area contributed by atoms with Crippen LogP contribution in [0.1, 0.15) is 20.1 Å². The van der Waals surface area contributed by atoms with Crippen molar-refractivity contribution >= 4 is 28.6 Å². The van der Waals surface area contributed by atoms with Crippen molar-refractivity contribution < 1.29 is 18.7 Å². The highest BCUT2D eigenvalue weighted by molar-refractivity contribution is 6.00. The molecule has 0 saturated heterocycles. The van der Waals surface area contributed by atoms with Crippen LogP contribution in [-0.2, 0) is 14.3 Å². The van der Waals surface area contributed by atoms with Gasteiger partial charge in [-0.05, 0) is 44.8 Å². The number of carbonyl (C=O) groups excluding carboxylic acids is 2. The second-order valence-corrected chi connectivity index (χ2v) is 8.74. The normalized spacial score (nSPS) is 12.3. The van der Waals surface area contributed by atoms with E-state index in [0.29, 0.717) is 29.0 Å². The zero-order valence-electron chi connectivity index (χ0n) is 21.0. The van der Waals surface area contributed by atoms with Crippen LogP contribution in [0.15, 0.2) is 67.4 Å². The summed E-state index contributed by atoms with van der Waals surface area (Å²) in [6, 6.07) is 6.75. The highest BCUT2D eigenvalue weighted by Gasteiger charge is 2.18. The number of nitrogens with zero attached hydrogens (tertiary/aromatic N) is 5. The Bertz CT molecular complexity index is 1480. The summed E-state index contributed by atoms with van der Waals surface area (Å²) < 4.78 is 21.0. The van der Waals surface area contributed by atoms with E-state index >= 15 is 0 Å². The Morgan fingerprint density at radius 3 is 2.65 bits per heavy atom. The predicted molar refractivity (Wildman–Crippen MR) is 139 cm³/mol. The lowest BCUT2D eigenvalue weighted by atomic mass is 10.0. The first-order chi connectivity index (χ1) is 17.7. The second-order valence-electron chi connectivity index (χ2n) is 8.74. The summed E-state index contributed by atoms with van der Waals surface area (Å²) in [5.41, 5.74) is 3.88. The van der Waals surface area contributed by atoms with E-state index in [9.17, 15) is 14.0 Å². The van der Waals surface area contributed by atoms with Gasteiger partial charge < -0.3 is 15.0 Å². The first kappa shape index (κ1) is 25.6. The molecule has 0 aliphatic heterocycles. The van der Waals surface area contributed by atoms with Gasteiger partial charge in [-0.25, -0.2) is 9.97 Å². The predicted octanol–water partition coefficient (Wildman–Crippen LogP) is 4.44. The summed E-state index contributed by atoms with van der Waals surface area (Å²) >= 11 is 0. The molecule has 4 aromatic rings. The highest BCUT2D eigenvalue weighted by atomic mass is 19.1. The van der Waals surface area contributed by atoms with Crippen LogP contribution >= 0.6 is 0 Å². The number of hydrogen-bond acceptors (Lipinski definition) is 7. The molecule has 0 fully saturated rings. The molecule has 0 aromatic carbocycles. The van der Waals surface area contributed by atoms with Gasteiger partial charge in [0.2, 0.25) is 11.9 Å². The summed E-state index contributed by atoms with van der Waals surface area (Å²) in [4.78, 5) is 38.3. The number of aromatic nitrogens is 4. The quantitative estimate of drug-likeness (QED) is 0.216. The lowest BCUT2D eigenvalue weighted by Crippen LogP contribution is -2.13. The van der Waals surface area contributed by atoms with Gasteiger partial charge in [0.15, 0.2) is 6.23 Å². The Kier molecular flexibility index (Phi) is 7.69. The van der Waals surface area contributed by atoms with Crippen LogP contribution in [0.5, 0.6) is 0 Å². The molecule has 0 aliphatic rings. The van der Waals surface area contributed by atoms with Gasteiger partial charge in [0.25, 0.3) is 0 Å². The van der Waals surface area contributed by atoms with Crippen molar-refractivity contribution in [2.75, 3.05) is 26.0 Å². The van der Waals surface area contributed by atoms with E-state index in [2.05, 4.69) is 20.3 Å². The Morgan fingerprint density at radius 2 is 1.92 bits per heavy atom. The van der Waals surface area contributed by atoms with Crippen molar-refractivity contribution in [1.29, 1.82) is 0 Å². The molecule has 1 amide bonds. The number of ether oxygens (including phenoxy) is 1. The fourth-order valence-corrected chi connectivity index (χ4v) is 3.88. The number of nitrogens with one attached hydrogen (secondary N) is 1. The SMILES string of the molecule is CC(=O)OC(C)n1cc(-c2ccnc(F)c2)c2cc(-c3cncc(NC(=O)C=CCN(C)C)c3)cnc21. The number of anilines is 1. The molecule has 1 N–H and O–H groups in total. The minimum atomic E-state index is -0.625. The van der Waals surface area contributed by atoms with Crippen LogP contribution in [-0.4, -0.2) is 56.9 Å². The van der Waals surface area contributed by atoms with Crippen molar-refractivity contribution in [3.05, 3.63) is 73.3 Å². The summed E-state index contributed by atoms with van der Waals surface area (Å²) in [5, 5.41) is 3.54. The van der Waals surface area contributed by atoms with E-state index in [1.165, 1.54) is 25.3 Å². The monoisotopic (exact) mass is 502 g/mol.